The quantitative estimate of drug-likeness (QED) is 0.422. The van der Waals surface area contributed by atoms with E-state index in [0.717, 1.165) is 19.0 Å². The van der Waals surface area contributed by atoms with Gasteiger partial charge in [0.15, 0.2) is 0 Å². The Bertz CT molecular complexity index is 360. The number of rotatable bonds is 14. The number of carbonyl (C=O) groups is 1. The fourth-order valence-electron chi connectivity index (χ4n) is 2.60. The van der Waals surface area contributed by atoms with Crippen molar-refractivity contribution in [3.8, 4) is 0 Å². The summed E-state index contributed by atoms with van der Waals surface area (Å²) in [5.41, 5.74) is 0. The number of hydrogen-bond donors (Lipinski definition) is 0. The van der Waals surface area contributed by atoms with Crippen LogP contribution in [0.25, 0.3) is 0 Å². The maximum atomic E-state index is 12.1. The van der Waals surface area contributed by atoms with Gasteiger partial charge in [0.1, 0.15) is 0 Å². The van der Waals surface area contributed by atoms with Gasteiger partial charge in [-0.05, 0) is 60.4 Å². The van der Waals surface area contributed by atoms with Crippen molar-refractivity contribution in [2.45, 2.75) is 59.8 Å². The van der Waals surface area contributed by atoms with Gasteiger partial charge in [0.2, 0.25) is 8.32 Å². The second-order valence-corrected chi connectivity index (χ2v) is 14.4. The molecular weight excluding hydrogens is 354 g/mol. The standard InChI is InChI=1S/C17H39NO5Si2/c1-9-20-25(21-10-2,22-11-3)14-12-13-18(5)15-16(4)17(19)23-24(6,7)8/h16H,9-15H2,1-8H3. The fraction of sp³-hybridized carbons (Fsp3) is 0.941. The van der Waals surface area contributed by atoms with E-state index in [1.54, 1.807) is 0 Å². The zero-order valence-corrected chi connectivity index (χ0v) is 19.5. The van der Waals surface area contributed by atoms with Gasteiger partial charge >= 0.3 is 8.80 Å². The van der Waals surface area contributed by atoms with Crippen LogP contribution >= 0.6 is 0 Å². The lowest BCUT2D eigenvalue weighted by Crippen LogP contribution is -2.46. The van der Waals surface area contributed by atoms with Crippen molar-refractivity contribution in [2.75, 3.05) is 40.0 Å². The molecule has 0 aliphatic rings. The molecule has 0 rings (SSSR count). The molecule has 150 valence electrons. The third-order valence-corrected chi connectivity index (χ3v) is 7.48. The van der Waals surface area contributed by atoms with Gasteiger partial charge in [-0.3, -0.25) is 4.79 Å². The summed E-state index contributed by atoms with van der Waals surface area (Å²) in [5.74, 6) is -0.211. The normalized spacial score (nSPS) is 14.0. The summed E-state index contributed by atoms with van der Waals surface area (Å²) >= 11 is 0. The van der Waals surface area contributed by atoms with E-state index >= 15 is 0 Å². The molecule has 25 heavy (non-hydrogen) atoms. The molecule has 0 aromatic carbocycles. The minimum absolute atomic E-state index is 0.0901. The molecule has 0 saturated heterocycles. The molecule has 0 aliphatic heterocycles. The second kappa shape index (κ2) is 12.2. The highest BCUT2D eigenvalue weighted by molar-refractivity contribution is 6.71. The molecule has 0 N–H and O–H groups in total. The Kier molecular flexibility index (Phi) is 12.1. The van der Waals surface area contributed by atoms with E-state index in [-0.39, 0.29) is 11.9 Å². The Labute approximate surface area is 156 Å². The van der Waals surface area contributed by atoms with E-state index in [1.165, 1.54) is 0 Å². The molecule has 6 nitrogen and oxygen atoms in total. The summed E-state index contributed by atoms with van der Waals surface area (Å²) in [5, 5.41) is 0. The lowest BCUT2D eigenvalue weighted by Gasteiger charge is -2.29. The van der Waals surface area contributed by atoms with Crippen LogP contribution < -0.4 is 0 Å². The third kappa shape index (κ3) is 11.1. The Morgan fingerprint density at radius 3 is 1.88 bits per heavy atom. The van der Waals surface area contributed by atoms with Crippen LogP contribution in [-0.2, 0) is 22.5 Å². The topological polar surface area (TPSA) is 57.2 Å². The summed E-state index contributed by atoms with van der Waals surface area (Å²) in [6, 6.07) is 0.792. The molecule has 0 radical (unpaired) electrons. The monoisotopic (exact) mass is 393 g/mol. The molecule has 1 atom stereocenters. The molecule has 0 spiro atoms. The largest absolute Gasteiger partial charge is 0.520 e. The summed E-state index contributed by atoms with van der Waals surface area (Å²) in [7, 11) is -2.36. The molecule has 1 unspecified atom stereocenters. The van der Waals surface area contributed by atoms with Crippen LogP contribution in [-0.4, -0.2) is 67.9 Å². The molecule has 0 aromatic rings. The Morgan fingerprint density at radius 2 is 1.48 bits per heavy atom. The van der Waals surface area contributed by atoms with Crippen molar-refractivity contribution in [3.05, 3.63) is 0 Å². The highest BCUT2D eigenvalue weighted by Crippen LogP contribution is 2.18. The van der Waals surface area contributed by atoms with Gasteiger partial charge in [0, 0.05) is 32.4 Å². The van der Waals surface area contributed by atoms with Crippen LogP contribution in [0.1, 0.15) is 34.1 Å². The summed E-state index contributed by atoms with van der Waals surface area (Å²) in [6.45, 7) is 17.3. The van der Waals surface area contributed by atoms with Crippen molar-refractivity contribution in [2.24, 2.45) is 5.92 Å². The molecule has 0 bridgehead atoms. The van der Waals surface area contributed by atoms with Crippen LogP contribution in [0.2, 0.25) is 25.7 Å². The summed E-state index contributed by atoms with van der Waals surface area (Å²) < 4.78 is 23.2. The molecule has 0 aromatic heterocycles. The first kappa shape index (κ1) is 24.7. The van der Waals surface area contributed by atoms with Crippen LogP contribution in [0.3, 0.4) is 0 Å². The van der Waals surface area contributed by atoms with E-state index in [9.17, 15) is 4.79 Å². The van der Waals surface area contributed by atoms with Crippen molar-refractivity contribution in [1.82, 2.24) is 4.90 Å². The van der Waals surface area contributed by atoms with E-state index in [1.807, 2.05) is 54.4 Å². The highest BCUT2D eigenvalue weighted by atomic mass is 28.4. The van der Waals surface area contributed by atoms with Gasteiger partial charge in [-0.25, -0.2) is 0 Å². The molecule has 0 aliphatic carbocycles. The van der Waals surface area contributed by atoms with E-state index in [4.69, 9.17) is 17.7 Å². The maximum absolute atomic E-state index is 12.1. The molecule has 0 amide bonds. The van der Waals surface area contributed by atoms with Crippen LogP contribution in [0.15, 0.2) is 0 Å². The van der Waals surface area contributed by atoms with Gasteiger partial charge < -0.3 is 22.6 Å². The van der Waals surface area contributed by atoms with Crippen molar-refractivity contribution in [1.29, 1.82) is 0 Å². The van der Waals surface area contributed by atoms with Gasteiger partial charge in [-0.2, -0.15) is 0 Å². The molecule has 8 heteroatoms. The predicted molar refractivity (Wildman–Crippen MR) is 106 cm³/mol. The van der Waals surface area contributed by atoms with Crippen molar-refractivity contribution >= 4 is 23.1 Å². The smallest absolute Gasteiger partial charge is 0.500 e. The first-order valence-corrected chi connectivity index (χ1v) is 14.8. The lowest BCUT2D eigenvalue weighted by atomic mass is 10.2. The average Bonchev–Trinajstić information content (AvgIpc) is 2.46. The average molecular weight is 394 g/mol. The van der Waals surface area contributed by atoms with Crippen LogP contribution in [0, 0.1) is 5.92 Å². The molecule has 0 fully saturated rings. The first-order chi connectivity index (χ1) is 11.6. The van der Waals surface area contributed by atoms with Crippen molar-refractivity contribution < 1.29 is 22.5 Å². The predicted octanol–water partition coefficient (Wildman–Crippen LogP) is 3.37. The Balaban J connectivity index is 4.42. The highest BCUT2D eigenvalue weighted by Gasteiger charge is 2.39. The first-order valence-electron chi connectivity index (χ1n) is 9.42. The van der Waals surface area contributed by atoms with E-state index in [2.05, 4.69) is 4.90 Å². The molecule has 0 heterocycles. The van der Waals surface area contributed by atoms with Crippen molar-refractivity contribution in [3.63, 3.8) is 0 Å². The minimum Gasteiger partial charge on any atom is -0.520 e. The van der Waals surface area contributed by atoms with Crippen LogP contribution in [0.5, 0.6) is 0 Å². The Morgan fingerprint density at radius 1 is 1.00 bits per heavy atom. The zero-order valence-electron chi connectivity index (χ0n) is 17.5. The van der Waals surface area contributed by atoms with Crippen LogP contribution in [0.4, 0.5) is 0 Å². The summed E-state index contributed by atoms with van der Waals surface area (Å²) in [4.78, 5) is 14.3. The minimum atomic E-state index is -2.57. The lowest BCUT2D eigenvalue weighted by molar-refractivity contribution is -0.139. The van der Waals surface area contributed by atoms with Gasteiger partial charge in [-0.1, -0.05) is 6.92 Å². The zero-order chi connectivity index (χ0) is 19.5. The molecular formula is C17H39NO5Si2. The third-order valence-electron chi connectivity index (χ3n) is 3.51. The Hall–Kier alpha value is -0.256. The van der Waals surface area contributed by atoms with E-state index in [0.29, 0.717) is 26.4 Å². The number of nitrogens with zero attached hydrogens (tertiary/aromatic N) is 1. The summed E-state index contributed by atoms with van der Waals surface area (Å²) in [6.07, 6.45) is 0.915. The second-order valence-electron chi connectivity index (χ2n) is 7.28. The van der Waals surface area contributed by atoms with Gasteiger partial charge in [0.25, 0.3) is 5.97 Å². The molecule has 0 saturated carbocycles. The maximum Gasteiger partial charge on any atom is 0.500 e. The van der Waals surface area contributed by atoms with Gasteiger partial charge in [0.05, 0.1) is 5.92 Å². The fourth-order valence-corrected chi connectivity index (χ4v) is 6.00. The van der Waals surface area contributed by atoms with Gasteiger partial charge in [-0.15, -0.1) is 0 Å². The van der Waals surface area contributed by atoms with E-state index < -0.39 is 17.1 Å². The number of carbonyl (C=O) groups excluding carboxylic acids is 1. The SMILES string of the molecule is CCO[Si](CCCN(C)CC(C)C(=O)O[Si](C)(C)C)(OCC)OCC. The number of hydrogen-bond acceptors (Lipinski definition) is 6.